The van der Waals surface area contributed by atoms with Crippen LogP contribution in [0.1, 0.15) is 67.2 Å². The Balaban J connectivity index is 4.74. The minimum Gasteiger partial charge on any atom is -0.460 e. The van der Waals surface area contributed by atoms with E-state index in [1.807, 2.05) is 5.92 Å². The lowest BCUT2D eigenvalue weighted by molar-refractivity contribution is -0.155. The predicted molar refractivity (Wildman–Crippen MR) is 109 cm³/mol. The number of carbonyl (C=O) groups excluding carboxylic acids is 4. The highest BCUT2D eigenvalue weighted by Gasteiger charge is 2.22. The summed E-state index contributed by atoms with van der Waals surface area (Å²) in [5, 5.41) is 2.48. The largest absolute Gasteiger partial charge is 0.460 e. The van der Waals surface area contributed by atoms with E-state index in [-0.39, 0.29) is 44.8 Å². The van der Waals surface area contributed by atoms with E-state index in [0.717, 1.165) is 0 Å². The summed E-state index contributed by atoms with van der Waals surface area (Å²) in [5.41, 5.74) is -1.23. The second-order valence-corrected chi connectivity index (χ2v) is 8.56. The molecule has 29 heavy (non-hydrogen) atoms. The van der Waals surface area contributed by atoms with Crippen LogP contribution in [0.5, 0.6) is 0 Å². The third-order valence-electron chi connectivity index (χ3n) is 3.35. The number of nitrogens with zero attached hydrogens (tertiary/aromatic N) is 1. The summed E-state index contributed by atoms with van der Waals surface area (Å²) in [7, 11) is 0. The fourth-order valence-electron chi connectivity index (χ4n) is 2.25. The maximum Gasteiger partial charge on any atom is 0.308 e. The molecule has 0 saturated carbocycles. The van der Waals surface area contributed by atoms with E-state index >= 15 is 0 Å². The normalized spacial score (nSPS) is 11.2. The number of rotatable bonds is 10. The molecule has 0 aliphatic rings. The van der Waals surface area contributed by atoms with Gasteiger partial charge in [0.15, 0.2) is 0 Å². The molecule has 0 aromatic carbocycles. The molecule has 1 N–H and O–H groups in total. The van der Waals surface area contributed by atoms with Gasteiger partial charge in [0, 0.05) is 26.1 Å². The Morgan fingerprint density at radius 2 is 1.31 bits per heavy atom. The summed E-state index contributed by atoms with van der Waals surface area (Å²) in [6.45, 7) is 11.1. The molecule has 0 atom stereocenters. The minimum absolute atomic E-state index is 0.0190. The molecule has 8 heteroatoms. The van der Waals surface area contributed by atoms with Crippen molar-refractivity contribution in [2.75, 3.05) is 19.6 Å². The van der Waals surface area contributed by atoms with Crippen molar-refractivity contribution < 1.29 is 28.7 Å². The lowest BCUT2D eigenvalue weighted by Crippen LogP contribution is -2.37. The molecule has 0 aromatic rings. The Bertz CT molecular complexity index is 591. The number of hydrogen-bond acceptors (Lipinski definition) is 6. The van der Waals surface area contributed by atoms with Gasteiger partial charge in [-0.3, -0.25) is 19.2 Å². The second kappa shape index (κ2) is 12.1. The first kappa shape index (κ1) is 26.4. The summed E-state index contributed by atoms with van der Waals surface area (Å²) >= 11 is 0. The van der Waals surface area contributed by atoms with Crippen molar-refractivity contribution in [2.45, 2.75) is 78.4 Å². The molecule has 0 heterocycles. The SMILES string of the molecule is C#CC(=O)NCCCC(=O)N(CCC(=O)OC(C)(C)C)CCC(=O)OC(C)(C)C. The molecule has 0 bridgehead atoms. The third kappa shape index (κ3) is 15.1. The van der Waals surface area contributed by atoms with Crippen molar-refractivity contribution in [1.29, 1.82) is 0 Å². The van der Waals surface area contributed by atoms with Crippen molar-refractivity contribution in [1.82, 2.24) is 10.2 Å². The highest BCUT2D eigenvalue weighted by atomic mass is 16.6. The fourth-order valence-corrected chi connectivity index (χ4v) is 2.25. The van der Waals surface area contributed by atoms with Gasteiger partial charge in [0.2, 0.25) is 5.91 Å². The van der Waals surface area contributed by atoms with Crippen LogP contribution in [0, 0.1) is 12.3 Å². The molecule has 0 rings (SSSR count). The zero-order chi connectivity index (χ0) is 22.7. The molecule has 0 unspecified atom stereocenters. The topological polar surface area (TPSA) is 102 Å². The zero-order valence-electron chi connectivity index (χ0n) is 18.4. The molecular weight excluding hydrogens is 376 g/mol. The molecule has 0 spiro atoms. The minimum atomic E-state index is -0.613. The van der Waals surface area contributed by atoms with Crippen LogP contribution >= 0.6 is 0 Å². The zero-order valence-corrected chi connectivity index (χ0v) is 18.4. The Kier molecular flexibility index (Phi) is 11.0. The Hall–Kier alpha value is -2.56. The summed E-state index contributed by atoms with van der Waals surface area (Å²) < 4.78 is 10.5. The van der Waals surface area contributed by atoms with Gasteiger partial charge in [0.1, 0.15) is 11.2 Å². The van der Waals surface area contributed by atoms with Crippen LogP contribution in [0.4, 0.5) is 0 Å². The van der Waals surface area contributed by atoms with Gasteiger partial charge in [-0.1, -0.05) is 0 Å². The maximum absolute atomic E-state index is 12.5. The molecule has 0 saturated heterocycles. The number of esters is 2. The van der Waals surface area contributed by atoms with Crippen LogP contribution in [-0.2, 0) is 28.7 Å². The van der Waals surface area contributed by atoms with Gasteiger partial charge in [-0.25, -0.2) is 0 Å². The van der Waals surface area contributed by atoms with E-state index in [0.29, 0.717) is 6.42 Å². The standard InChI is InChI=1S/C21H34N2O6/c1-8-16(24)22-13-9-10-17(25)23(14-11-18(26)28-20(2,3)4)15-12-19(27)29-21(5,6)7/h1H,9-15H2,2-7H3,(H,22,24). The van der Waals surface area contributed by atoms with Crippen molar-refractivity contribution >= 4 is 23.8 Å². The van der Waals surface area contributed by atoms with Crippen LogP contribution in [-0.4, -0.2) is 59.5 Å². The van der Waals surface area contributed by atoms with Gasteiger partial charge in [-0.15, -0.1) is 6.42 Å². The van der Waals surface area contributed by atoms with Crippen molar-refractivity contribution in [3.05, 3.63) is 0 Å². The number of carbonyl (C=O) groups is 4. The molecule has 8 nitrogen and oxygen atoms in total. The quantitative estimate of drug-likeness (QED) is 0.335. The molecule has 2 amide bonds. The summed E-state index contributed by atoms with van der Waals surface area (Å²) in [6, 6.07) is 0. The molecule has 0 aromatic heterocycles. The maximum atomic E-state index is 12.5. The highest BCUT2D eigenvalue weighted by Crippen LogP contribution is 2.11. The highest BCUT2D eigenvalue weighted by molar-refractivity contribution is 5.92. The molecule has 0 aliphatic carbocycles. The van der Waals surface area contributed by atoms with E-state index in [4.69, 9.17) is 15.9 Å². The van der Waals surface area contributed by atoms with Crippen LogP contribution in [0.15, 0.2) is 0 Å². The number of nitrogens with one attached hydrogen (secondary N) is 1. The Labute approximate surface area is 173 Å². The molecule has 164 valence electrons. The fraction of sp³-hybridized carbons (Fsp3) is 0.714. The van der Waals surface area contributed by atoms with Crippen LogP contribution in [0.2, 0.25) is 0 Å². The van der Waals surface area contributed by atoms with Gasteiger partial charge in [-0.05, 0) is 53.9 Å². The van der Waals surface area contributed by atoms with Crippen LogP contribution in [0.3, 0.4) is 0 Å². The molecular formula is C21H34N2O6. The van der Waals surface area contributed by atoms with E-state index in [9.17, 15) is 19.2 Å². The van der Waals surface area contributed by atoms with Crippen molar-refractivity contribution in [3.63, 3.8) is 0 Å². The average molecular weight is 411 g/mol. The Morgan fingerprint density at radius 1 is 0.862 bits per heavy atom. The molecule has 0 aliphatic heterocycles. The van der Waals surface area contributed by atoms with Crippen LogP contribution < -0.4 is 5.32 Å². The van der Waals surface area contributed by atoms with Gasteiger partial charge in [0.05, 0.1) is 12.8 Å². The number of hydrogen-bond donors (Lipinski definition) is 1. The van der Waals surface area contributed by atoms with Crippen molar-refractivity contribution in [2.24, 2.45) is 0 Å². The summed E-state index contributed by atoms with van der Waals surface area (Å²) in [6.07, 6.45) is 5.54. The van der Waals surface area contributed by atoms with Gasteiger partial charge < -0.3 is 19.7 Å². The first-order valence-electron chi connectivity index (χ1n) is 9.69. The van der Waals surface area contributed by atoms with E-state index in [2.05, 4.69) is 5.32 Å². The Morgan fingerprint density at radius 3 is 1.69 bits per heavy atom. The van der Waals surface area contributed by atoms with Crippen molar-refractivity contribution in [3.8, 4) is 12.3 Å². The number of ether oxygens (including phenoxy) is 2. The van der Waals surface area contributed by atoms with E-state index in [1.165, 1.54) is 4.90 Å². The first-order chi connectivity index (χ1) is 13.2. The molecule has 0 radical (unpaired) electrons. The lowest BCUT2D eigenvalue weighted by Gasteiger charge is -2.25. The van der Waals surface area contributed by atoms with E-state index < -0.39 is 29.0 Å². The predicted octanol–water partition coefficient (Wildman–Crippen LogP) is 1.81. The van der Waals surface area contributed by atoms with Crippen LogP contribution in [0.25, 0.3) is 0 Å². The summed E-state index contributed by atoms with van der Waals surface area (Å²) in [5.74, 6) is 0.318. The van der Waals surface area contributed by atoms with E-state index in [1.54, 1.807) is 41.5 Å². The molecule has 0 fully saturated rings. The number of amides is 2. The van der Waals surface area contributed by atoms with Gasteiger partial charge in [-0.2, -0.15) is 0 Å². The van der Waals surface area contributed by atoms with Gasteiger partial charge in [0.25, 0.3) is 5.91 Å². The summed E-state index contributed by atoms with van der Waals surface area (Å²) in [4.78, 5) is 48.9. The third-order valence-corrected chi connectivity index (χ3v) is 3.35. The first-order valence-corrected chi connectivity index (χ1v) is 9.69. The monoisotopic (exact) mass is 410 g/mol. The average Bonchev–Trinajstić information content (AvgIpc) is 2.55. The smallest absolute Gasteiger partial charge is 0.308 e. The van der Waals surface area contributed by atoms with Gasteiger partial charge >= 0.3 is 11.9 Å². The number of terminal acetylenes is 1. The second-order valence-electron chi connectivity index (χ2n) is 8.56. The lowest BCUT2D eigenvalue weighted by atomic mass is 10.2.